The molecule has 0 aliphatic heterocycles. The van der Waals surface area contributed by atoms with Crippen molar-refractivity contribution in [1.82, 2.24) is 4.57 Å². The van der Waals surface area contributed by atoms with Gasteiger partial charge in [0.05, 0.1) is 5.56 Å². The van der Waals surface area contributed by atoms with Crippen molar-refractivity contribution in [1.29, 1.82) is 0 Å². The summed E-state index contributed by atoms with van der Waals surface area (Å²) in [7, 11) is 0. The van der Waals surface area contributed by atoms with Crippen LogP contribution >= 0.6 is 0 Å². The van der Waals surface area contributed by atoms with E-state index in [0.717, 1.165) is 68.3 Å². The second-order valence-corrected chi connectivity index (χ2v) is 7.13. The maximum absolute atomic E-state index is 13.1. The van der Waals surface area contributed by atoms with Crippen molar-refractivity contribution in [3.05, 3.63) is 63.1 Å². The molecule has 0 amide bonds. The molecule has 0 atom stereocenters. The molecule has 1 heterocycles. The molecule has 5 heteroatoms. The molecule has 0 N–H and O–H groups in total. The van der Waals surface area contributed by atoms with Gasteiger partial charge >= 0.3 is 6.18 Å². The highest BCUT2D eigenvalue weighted by atomic mass is 19.4. The molecular formula is C21H20F3NO. The summed E-state index contributed by atoms with van der Waals surface area (Å²) in [4.78, 5) is 13.1. The van der Waals surface area contributed by atoms with E-state index in [2.05, 4.69) is 0 Å². The van der Waals surface area contributed by atoms with E-state index in [1.165, 1.54) is 11.6 Å². The lowest BCUT2D eigenvalue weighted by Gasteiger charge is -2.23. The Labute approximate surface area is 150 Å². The van der Waals surface area contributed by atoms with Gasteiger partial charge in [0.1, 0.15) is 0 Å². The quantitative estimate of drug-likeness (QED) is 0.700. The average molecular weight is 359 g/mol. The van der Waals surface area contributed by atoms with Crippen LogP contribution in [0.25, 0.3) is 17.3 Å². The van der Waals surface area contributed by atoms with Gasteiger partial charge in [0, 0.05) is 17.5 Å². The summed E-state index contributed by atoms with van der Waals surface area (Å²) < 4.78 is 40.9. The fourth-order valence-corrected chi connectivity index (χ4v) is 3.73. The maximum Gasteiger partial charge on any atom is 0.416 e. The van der Waals surface area contributed by atoms with Crippen molar-refractivity contribution >= 4 is 6.20 Å². The molecule has 1 fully saturated rings. The van der Waals surface area contributed by atoms with Crippen LogP contribution in [0.15, 0.2) is 40.7 Å². The Hall–Kier alpha value is -2.30. The average Bonchev–Trinajstić information content (AvgIpc) is 2.58. The fourth-order valence-electron chi connectivity index (χ4n) is 3.73. The number of aryl methyl sites for hydroxylation is 1. The van der Waals surface area contributed by atoms with E-state index in [1.54, 1.807) is 10.6 Å². The highest BCUT2D eigenvalue weighted by molar-refractivity contribution is 5.66. The van der Waals surface area contributed by atoms with Gasteiger partial charge in [-0.1, -0.05) is 17.7 Å². The number of allylic oxidation sites excluding steroid dienone is 1. The molecule has 0 spiro atoms. The first-order valence-electron chi connectivity index (χ1n) is 9.08. The van der Waals surface area contributed by atoms with Gasteiger partial charge in [-0.05, 0) is 74.3 Å². The molecule has 2 aromatic rings. The molecule has 0 saturated heterocycles. The fraction of sp³-hybridized carbons (Fsp3) is 0.381. The molecule has 2 nitrogen and oxygen atoms in total. The first-order valence-corrected chi connectivity index (χ1v) is 9.08. The lowest BCUT2D eigenvalue weighted by molar-refractivity contribution is -0.137. The second-order valence-electron chi connectivity index (χ2n) is 7.13. The van der Waals surface area contributed by atoms with Gasteiger partial charge in [-0.3, -0.25) is 9.36 Å². The highest BCUT2D eigenvalue weighted by Crippen LogP contribution is 2.33. The Bertz CT molecular complexity index is 931. The van der Waals surface area contributed by atoms with Gasteiger partial charge in [0.25, 0.3) is 5.56 Å². The smallest absolute Gasteiger partial charge is 0.287 e. The number of halogens is 3. The Morgan fingerprint density at radius 2 is 1.73 bits per heavy atom. The zero-order chi connectivity index (χ0) is 18.3. The first-order chi connectivity index (χ1) is 12.4. The number of pyridine rings is 1. The molecule has 4 rings (SSSR count). The highest BCUT2D eigenvalue weighted by Gasteiger charge is 2.31. The second kappa shape index (κ2) is 6.45. The Balaban J connectivity index is 1.90. The Kier molecular flexibility index (Phi) is 4.25. The van der Waals surface area contributed by atoms with Crippen molar-refractivity contribution in [3.63, 3.8) is 0 Å². The number of hydrogen-bond acceptors (Lipinski definition) is 1. The molecule has 1 aromatic carbocycles. The molecule has 0 bridgehead atoms. The van der Waals surface area contributed by atoms with Crippen LogP contribution in [0.1, 0.15) is 48.9 Å². The van der Waals surface area contributed by atoms with Gasteiger partial charge < -0.3 is 0 Å². The van der Waals surface area contributed by atoms with Crippen LogP contribution in [0.5, 0.6) is 0 Å². The molecule has 26 heavy (non-hydrogen) atoms. The number of benzene rings is 1. The van der Waals surface area contributed by atoms with Crippen LogP contribution in [0.3, 0.4) is 0 Å². The van der Waals surface area contributed by atoms with E-state index >= 15 is 0 Å². The zero-order valence-corrected chi connectivity index (χ0v) is 14.4. The van der Waals surface area contributed by atoms with Gasteiger partial charge in [-0.2, -0.15) is 13.2 Å². The molecule has 0 unspecified atom stereocenters. The van der Waals surface area contributed by atoms with Crippen LogP contribution in [0, 0.1) is 0 Å². The summed E-state index contributed by atoms with van der Waals surface area (Å²) >= 11 is 0. The maximum atomic E-state index is 13.1. The minimum atomic E-state index is -4.42. The van der Waals surface area contributed by atoms with Crippen LogP contribution in [0.4, 0.5) is 13.2 Å². The third-order valence-corrected chi connectivity index (χ3v) is 5.35. The van der Waals surface area contributed by atoms with E-state index in [0.29, 0.717) is 11.1 Å². The third kappa shape index (κ3) is 3.11. The zero-order valence-electron chi connectivity index (χ0n) is 14.4. The van der Waals surface area contributed by atoms with Crippen molar-refractivity contribution < 1.29 is 13.2 Å². The van der Waals surface area contributed by atoms with Crippen molar-refractivity contribution in [2.45, 2.75) is 51.1 Å². The van der Waals surface area contributed by atoms with Gasteiger partial charge in [0.2, 0.25) is 0 Å². The van der Waals surface area contributed by atoms with Gasteiger partial charge in [0.15, 0.2) is 0 Å². The standard InChI is InChI=1S/C21H20F3NO/c22-21(23,24)17-9-4-8-15(11-17)18-12-16-7-1-2-10-19(16)25(20(18)26)13-14-5-3-6-14/h4,8-9,11-13H,1-3,5-7,10H2. The molecule has 0 radical (unpaired) electrons. The molecule has 1 saturated carbocycles. The van der Waals surface area contributed by atoms with Crippen molar-refractivity contribution in [2.75, 3.05) is 0 Å². The summed E-state index contributed by atoms with van der Waals surface area (Å²) in [5.74, 6) is 0. The number of rotatable bonds is 2. The monoisotopic (exact) mass is 359 g/mol. The number of hydrogen-bond donors (Lipinski definition) is 0. The molecular weight excluding hydrogens is 339 g/mol. The van der Waals surface area contributed by atoms with Crippen LogP contribution in [0.2, 0.25) is 0 Å². The molecule has 136 valence electrons. The van der Waals surface area contributed by atoms with Crippen LogP contribution < -0.4 is 5.56 Å². The lowest BCUT2D eigenvalue weighted by atomic mass is 9.91. The number of fused-ring (bicyclic) bond motifs is 1. The largest absolute Gasteiger partial charge is 0.416 e. The predicted molar refractivity (Wildman–Crippen MR) is 95.9 cm³/mol. The topological polar surface area (TPSA) is 22.0 Å². The van der Waals surface area contributed by atoms with E-state index in [1.807, 2.05) is 12.3 Å². The number of aromatic nitrogens is 1. The summed E-state index contributed by atoms with van der Waals surface area (Å²) in [6.07, 6.45) is 4.43. The van der Waals surface area contributed by atoms with Crippen molar-refractivity contribution in [3.8, 4) is 11.1 Å². The summed E-state index contributed by atoms with van der Waals surface area (Å²) in [6, 6.07) is 6.87. The van der Waals surface area contributed by atoms with E-state index in [-0.39, 0.29) is 5.56 Å². The number of alkyl halides is 3. The lowest BCUT2D eigenvalue weighted by Crippen LogP contribution is -2.25. The molecule has 1 aromatic heterocycles. The van der Waals surface area contributed by atoms with E-state index in [9.17, 15) is 18.0 Å². The summed E-state index contributed by atoms with van der Waals surface area (Å²) in [5.41, 5.74) is 3.09. The van der Waals surface area contributed by atoms with E-state index < -0.39 is 11.7 Å². The van der Waals surface area contributed by atoms with Gasteiger partial charge in [-0.15, -0.1) is 0 Å². The molecule has 2 aliphatic rings. The first kappa shape index (κ1) is 17.1. The predicted octanol–water partition coefficient (Wildman–Crippen LogP) is 5.44. The Morgan fingerprint density at radius 3 is 2.42 bits per heavy atom. The normalized spacial score (nSPS) is 16.8. The third-order valence-electron chi connectivity index (χ3n) is 5.35. The van der Waals surface area contributed by atoms with Crippen LogP contribution in [-0.4, -0.2) is 4.57 Å². The summed E-state index contributed by atoms with van der Waals surface area (Å²) in [5, 5.41) is 0. The summed E-state index contributed by atoms with van der Waals surface area (Å²) in [6.45, 7) is 0. The SMILES string of the molecule is O=c1c(-c2cccc(C(F)(F)F)c2)cc2c(n1C=C1CCC1)CCCC2. The van der Waals surface area contributed by atoms with Crippen LogP contribution in [-0.2, 0) is 19.0 Å². The van der Waals surface area contributed by atoms with Crippen molar-refractivity contribution in [2.24, 2.45) is 0 Å². The Morgan fingerprint density at radius 1 is 0.962 bits per heavy atom. The van der Waals surface area contributed by atoms with E-state index in [4.69, 9.17) is 0 Å². The molecule has 2 aliphatic carbocycles. The number of nitrogens with zero attached hydrogens (tertiary/aromatic N) is 1. The van der Waals surface area contributed by atoms with Gasteiger partial charge in [-0.25, -0.2) is 0 Å². The minimum Gasteiger partial charge on any atom is -0.287 e. The minimum absolute atomic E-state index is 0.218.